The van der Waals surface area contributed by atoms with Gasteiger partial charge in [0.25, 0.3) is 16.1 Å². The molecule has 1 unspecified atom stereocenters. The third kappa shape index (κ3) is 6.18. The number of ether oxygens (including phenoxy) is 1. The highest BCUT2D eigenvalue weighted by Gasteiger charge is 2.15. The number of carbonyl (C=O) groups is 1. The molecule has 124 valence electrons. The molecule has 1 rings (SSSR count). The summed E-state index contributed by atoms with van der Waals surface area (Å²) in [4.78, 5) is 11.8. The Kier molecular flexibility index (Phi) is 7.08. The maximum Gasteiger partial charge on any atom is 0.278 e. The van der Waals surface area contributed by atoms with Gasteiger partial charge in [-0.1, -0.05) is 11.6 Å². The number of rotatable bonds is 8. The summed E-state index contributed by atoms with van der Waals surface area (Å²) in [5.74, 6) is 0.194. The van der Waals surface area contributed by atoms with Crippen LogP contribution in [-0.4, -0.2) is 51.9 Å². The van der Waals surface area contributed by atoms with E-state index < -0.39 is 16.3 Å². The van der Waals surface area contributed by atoms with Crippen LogP contribution < -0.4 is 14.8 Å². The van der Waals surface area contributed by atoms with Gasteiger partial charge in [0.1, 0.15) is 5.75 Å². The molecule has 0 bridgehead atoms. The summed E-state index contributed by atoms with van der Waals surface area (Å²) < 4.78 is 31.7. The van der Waals surface area contributed by atoms with Crippen molar-refractivity contribution >= 4 is 27.7 Å². The Morgan fingerprint density at radius 1 is 1.27 bits per heavy atom. The molecule has 2 N–H and O–H groups in total. The SMILES string of the molecule is CC(Oc1ccc(Cl)cc1)C(=O)NCCNS(=O)(=O)N(C)C. The van der Waals surface area contributed by atoms with Crippen LogP contribution in [0.3, 0.4) is 0 Å². The zero-order valence-electron chi connectivity index (χ0n) is 12.7. The number of amides is 1. The van der Waals surface area contributed by atoms with Crippen molar-refractivity contribution in [2.75, 3.05) is 27.2 Å². The van der Waals surface area contributed by atoms with E-state index in [2.05, 4.69) is 10.0 Å². The lowest BCUT2D eigenvalue weighted by atomic mass is 10.3. The van der Waals surface area contributed by atoms with Gasteiger partial charge in [0.2, 0.25) is 0 Å². The van der Waals surface area contributed by atoms with Gasteiger partial charge < -0.3 is 10.1 Å². The van der Waals surface area contributed by atoms with Crippen LogP contribution in [0.2, 0.25) is 5.02 Å². The molecule has 0 heterocycles. The molecule has 9 heteroatoms. The molecule has 0 aliphatic heterocycles. The lowest BCUT2D eigenvalue weighted by Crippen LogP contribution is -2.43. The fraction of sp³-hybridized carbons (Fsp3) is 0.462. The molecular weight excluding hydrogens is 330 g/mol. The largest absolute Gasteiger partial charge is 0.481 e. The van der Waals surface area contributed by atoms with Crippen LogP contribution in [0.25, 0.3) is 0 Å². The second kappa shape index (κ2) is 8.33. The first-order valence-corrected chi connectivity index (χ1v) is 8.41. The quantitative estimate of drug-likeness (QED) is 0.673. The van der Waals surface area contributed by atoms with Crippen molar-refractivity contribution in [3.63, 3.8) is 0 Å². The first-order valence-electron chi connectivity index (χ1n) is 6.59. The number of hydrogen-bond donors (Lipinski definition) is 2. The van der Waals surface area contributed by atoms with E-state index in [-0.39, 0.29) is 19.0 Å². The molecule has 0 fully saturated rings. The van der Waals surface area contributed by atoms with Gasteiger partial charge in [-0.05, 0) is 31.2 Å². The number of nitrogens with zero attached hydrogens (tertiary/aromatic N) is 1. The average molecular weight is 350 g/mol. The Labute approximate surface area is 135 Å². The van der Waals surface area contributed by atoms with Gasteiger partial charge in [0.15, 0.2) is 6.10 Å². The molecule has 0 aliphatic carbocycles. The Morgan fingerprint density at radius 2 is 1.86 bits per heavy atom. The predicted octanol–water partition coefficient (Wildman–Crippen LogP) is 0.619. The van der Waals surface area contributed by atoms with Crippen molar-refractivity contribution in [1.29, 1.82) is 0 Å². The summed E-state index contributed by atoms with van der Waals surface area (Å²) in [6, 6.07) is 6.66. The van der Waals surface area contributed by atoms with Crippen LogP contribution in [0.1, 0.15) is 6.92 Å². The molecule has 1 amide bonds. The van der Waals surface area contributed by atoms with E-state index in [4.69, 9.17) is 16.3 Å². The van der Waals surface area contributed by atoms with Crippen molar-refractivity contribution < 1.29 is 17.9 Å². The number of carbonyl (C=O) groups excluding carboxylic acids is 1. The minimum absolute atomic E-state index is 0.0971. The monoisotopic (exact) mass is 349 g/mol. The maximum absolute atomic E-state index is 11.8. The van der Waals surface area contributed by atoms with Crippen LogP contribution in [0, 0.1) is 0 Å². The van der Waals surface area contributed by atoms with E-state index >= 15 is 0 Å². The lowest BCUT2D eigenvalue weighted by Gasteiger charge is -2.16. The number of halogens is 1. The van der Waals surface area contributed by atoms with E-state index in [1.54, 1.807) is 31.2 Å². The molecule has 1 atom stereocenters. The molecular formula is C13H20ClN3O4S. The zero-order valence-corrected chi connectivity index (χ0v) is 14.2. The van der Waals surface area contributed by atoms with E-state index in [0.717, 1.165) is 4.31 Å². The van der Waals surface area contributed by atoms with E-state index in [1.807, 2.05) is 0 Å². The fourth-order valence-corrected chi connectivity index (χ4v) is 2.15. The van der Waals surface area contributed by atoms with Gasteiger partial charge in [0.05, 0.1) is 0 Å². The van der Waals surface area contributed by atoms with Gasteiger partial charge >= 0.3 is 0 Å². The molecule has 0 aliphatic rings. The highest BCUT2D eigenvalue weighted by Crippen LogP contribution is 2.16. The Morgan fingerprint density at radius 3 is 2.41 bits per heavy atom. The van der Waals surface area contributed by atoms with E-state index in [9.17, 15) is 13.2 Å². The van der Waals surface area contributed by atoms with E-state index in [1.165, 1.54) is 14.1 Å². The van der Waals surface area contributed by atoms with Crippen molar-refractivity contribution in [2.24, 2.45) is 0 Å². The highest BCUT2D eigenvalue weighted by atomic mass is 35.5. The van der Waals surface area contributed by atoms with Crippen LogP contribution >= 0.6 is 11.6 Å². The minimum atomic E-state index is -3.48. The van der Waals surface area contributed by atoms with Gasteiger partial charge in [-0.25, -0.2) is 4.72 Å². The third-order valence-corrected chi connectivity index (χ3v) is 4.47. The summed E-state index contributed by atoms with van der Waals surface area (Å²) in [6.45, 7) is 1.87. The molecule has 0 aromatic heterocycles. The predicted molar refractivity (Wildman–Crippen MR) is 85.2 cm³/mol. The number of hydrogen-bond acceptors (Lipinski definition) is 4. The lowest BCUT2D eigenvalue weighted by molar-refractivity contribution is -0.127. The normalized spacial score (nSPS) is 13.0. The van der Waals surface area contributed by atoms with Crippen molar-refractivity contribution in [2.45, 2.75) is 13.0 Å². The molecule has 0 spiro atoms. The first-order chi connectivity index (χ1) is 10.2. The molecule has 0 radical (unpaired) electrons. The molecule has 22 heavy (non-hydrogen) atoms. The fourth-order valence-electron chi connectivity index (χ4n) is 1.41. The highest BCUT2D eigenvalue weighted by molar-refractivity contribution is 7.87. The summed E-state index contributed by atoms with van der Waals surface area (Å²) in [7, 11) is -0.642. The van der Waals surface area contributed by atoms with Gasteiger partial charge in [0, 0.05) is 32.2 Å². The number of nitrogens with one attached hydrogen (secondary N) is 2. The average Bonchev–Trinajstić information content (AvgIpc) is 2.45. The van der Waals surface area contributed by atoms with Gasteiger partial charge in [-0.3, -0.25) is 4.79 Å². The smallest absolute Gasteiger partial charge is 0.278 e. The van der Waals surface area contributed by atoms with Crippen LogP contribution in [-0.2, 0) is 15.0 Å². The summed E-state index contributed by atoms with van der Waals surface area (Å²) in [5.41, 5.74) is 0. The topological polar surface area (TPSA) is 87.7 Å². The maximum atomic E-state index is 11.8. The van der Waals surface area contributed by atoms with E-state index in [0.29, 0.717) is 10.8 Å². The Balaban J connectivity index is 2.34. The molecule has 0 saturated heterocycles. The van der Waals surface area contributed by atoms with Crippen LogP contribution in [0.5, 0.6) is 5.75 Å². The zero-order chi connectivity index (χ0) is 16.8. The van der Waals surface area contributed by atoms with Crippen molar-refractivity contribution in [3.05, 3.63) is 29.3 Å². The molecule has 1 aromatic rings. The first kappa shape index (κ1) is 18.7. The third-order valence-electron chi connectivity index (χ3n) is 2.69. The molecule has 0 saturated carbocycles. The minimum Gasteiger partial charge on any atom is -0.481 e. The summed E-state index contributed by atoms with van der Waals surface area (Å²) >= 11 is 5.76. The standard InChI is InChI=1S/C13H20ClN3O4S/c1-10(21-12-6-4-11(14)5-7-12)13(18)15-8-9-16-22(19,20)17(2)3/h4-7,10,16H,8-9H2,1-3H3,(H,15,18). The second-order valence-corrected chi connectivity index (χ2v) is 7.09. The van der Waals surface area contributed by atoms with Gasteiger partial charge in [-0.2, -0.15) is 12.7 Å². The van der Waals surface area contributed by atoms with Crippen LogP contribution in [0.15, 0.2) is 24.3 Å². The van der Waals surface area contributed by atoms with Crippen LogP contribution in [0.4, 0.5) is 0 Å². The molecule has 1 aromatic carbocycles. The Hall–Kier alpha value is -1.35. The van der Waals surface area contributed by atoms with Crippen molar-refractivity contribution in [1.82, 2.24) is 14.3 Å². The molecule has 7 nitrogen and oxygen atoms in total. The van der Waals surface area contributed by atoms with Gasteiger partial charge in [-0.15, -0.1) is 0 Å². The summed E-state index contributed by atoms with van der Waals surface area (Å²) in [6.07, 6.45) is -0.702. The summed E-state index contributed by atoms with van der Waals surface area (Å²) in [5, 5.41) is 3.17. The van der Waals surface area contributed by atoms with Crippen molar-refractivity contribution in [3.8, 4) is 5.75 Å². The Bertz CT molecular complexity index is 590. The second-order valence-electron chi connectivity index (χ2n) is 4.69. The number of benzene rings is 1.